The van der Waals surface area contributed by atoms with Crippen LogP contribution in [0.3, 0.4) is 0 Å². The molecule has 2 nitrogen and oxygen atoms in total. The molecule has 1 saturated carbocycles. The summed E-state index contributed by atoms with van der Waals surface area (Å²) in [5.74, 6) is 1.12. The molecule has 0 amide bonds. The highest BCUT2D eigenvalue weighted by Gasteiger charge is 2.42. The number of rotatable bonds is 5. The third-order valence-corrected chi connectivity index (χ3v) is 4.17. The number of carbonyl (C=O) groups is 1. The second-order valence-corrected chi connectivity index (χ2v) is 5.46. The van der Waals surface area contributed by atoms with E-state index in [0.29, 0.717) is 0 Å². The molecule has 2 atom stereocenters. The van der Waals surface area contributed by atoms with Crippen LogP contribution in [0.15, 0.2) is 0 Å². The van der Waals surface area contributed by atoms with Gasteiger partial charge in [-0.05, 0) is 18.8 Å². The summed E-state index contributed by atoms with van der Waals surface area (Å²) in [4.78, 5) is 11.5. The third kappa shape index (κ3) is 2.78. The Hall–Kier alpha value is -0.530. The molecule has 0 aromatic carbocycles. The highest BCUT2D eigenvalue weighted by atomic mass is 16.6. The summed E-state index contributed by atoms with van der Waals surface area (Å²) in [5.41, 5.74) is 0. The molecule has 0 aromatic heterocycles. The molecule has 2 aliphatic rings. The number of esters is 1. The third-order valence-electron chi connectivity index (χ3n) is 4.17. The summed E-state index contributed by atoms with van der Waals surface area (Å²) >= 11 is 0. The quantitative estimate of drug-likeness (QED) is 0.666. The van der Waals surface area contributed by atoms with Gasteiger partial charge in [0.1, 0.15) is 6.10 Å². The summed E-state index contributed by atoms with van der Waals surface area (Å²) in [6, 6.07) is 0. The smallest absolute Gasteiger partial charge is 0.313 e. The van der Waals surface area contributed by atoms with Crippen LogP contribution in [0.2, 0.25) is 0 Å². The van der Waals surface area contributed by atoms with E-state index in [1.54, 1.807) is 0 Å². The van der Waals surface area contributed by atoms with Crippen LogP contribution >= 0.6 is 0 Å². The van der Waals surface area contributed by atoms with Crippen LogP contribution in [-0.2, 0) is 9.53 Å². The zero-order chi connectivity index (χ0) is 11.4. The van der Waals surface area contributed by atoms with Gasteiger partial charge in [0.25, 0.3) is 0 Å². The molecule has 0 spiro atoms. The van der Waals surface area contributed by atoms with Crippen LogP contribution in [0.1, 0.15) is 64.7 Å². The molecule has 2 fully saturated rings. The van der Waals surface area contributed by atoms with Crippen LogP contribution in [0.25, 0.3) is 0 Å². The highest BCUT2D eigenvalue weighted by molar-refractivity contribution is 5.78. The molecule has 1 heterocycles. The zero-order valence-electron chi connectivity index (χ0n) is 10.4. The molecule has 0 bridgehead atoms. The zero-order valence-corrected chi connectivity index (χ0v) is 10.4. The van der Waals surface area contributed by atoms with Gasteiger partial charge in [-0.2, -0.15) is 0 Å². The van der Waals surface area contributed by atoms with Crippen molar-refractivity contribution >= 4 is 5.97 Å². The Morgan fingerprint density at radius 3 is 2.62 bits per heavy atom. The van der Waals surface area contributed by atoms with Gasteiger partial charge in [0, 0.05) is 0 Å². The van der Waals surface area contributed by atoms with E-state index in [2.05, 4.69) is 6.92 Å². The molecule has 0 unspecified atom stereocenters. The van der Waals surface area contributed by atoms with Crippen molar-refractivity contribution in [3.8, 4) is 0 Å². The maximum Gasteiger partial charge on any atom is 0.313 e. The summed E-state index contributed by atoms with van der Waals surface area (Å²) in [5, 5.41) is 0. The first-order chi connectivity index (χ1) is 7.81. The summed E-state index contributed by atoms with van der Waals surface area (Å²) in [6.07, 6.45) is 11.6. The van der Waals surface area contributed by atoms with Gasteiger partial charge in [0.05, 0.1) is 5.92 Å². The van der Waals surface area contributed by atoms with Crippen molar-refractivity contribution in [3.05, 3.63) is 0 Å². The maximum atomic E-state index is 11.5. The normalized spacial score (nSPS) is 30.9. The minimum absolute atomic E-state index is 0.0756. The molecular formula is C14H24O2. The van der Waals surface area contributed by atoms with Crippen molar-refractivity contribution in [1.82, 2.24) is 0 Å². The Morgan fingerprint density at radius 1 is 1.25 bits per heavy atom. The molecule has 16 heavy (non-hydrogen) atoms. The fourth-order valence-electron chi connectivity index (χ4n) is 3.09. The highest BCUT2D eigenvalue weighted by Crippen LogP contribution is 2.36. The molecular weight excluding hydrogens is 200 g/mol. The Kier molecular flexibility index (Phi) is 4.25. The number of ether oxygens (including phenoxy) is 1. The number of hydrogen-bond acceptors (Lipinski definition) is 2. The standard InChI is InChI=1S/C14H24O2/c1-2-3-9-13-12(14(15)16-13)10-11-7-5-4-6-8-11/h11-13H,2-10H2,1H3/t12-,13-/m0/s1. The SMILES string of the molecule is CCCC[C@@H]1OC(=O)[C@H]1CC1CCCCC1. The second-order valence-electron chi connectivity index (χ2n) is 5.46. The van der Waals surface area contributed by atoms with E-state index in [-0.39, 0.29) is 18.0 Å². The first-order valence-electron chi connectivity index (χ1n) is 7.01. The first kappa shape index (κ1) is 11.9. The molecule has 0 radical (unpaired) electrons. The van der Waals surface area contributed by atoms with E-state index in [1.165, 1.54) is 44.9 Å². The van der Waals surface area contributed by atoms with Crippen molar-refractivity contribution in [3.63, 3.8) is 0 Å². The van der Waals surface area contributed by atoms with Crippen molar-refractivity contribution in [2.45, 2.75) is 70.8 Å². The predicted octanol–water partition coefficient (Wildman–Crippen LogP) is 3.69. The van der Waals surface area contributed by atoms with Gasteiger partial charge in [-0.25, -0.2) is 0 Å². The summed E-state index contributed by atoms with van der Waals surface area (Å²) < 4.78 is 5.26. The molecule has 92 valence electrons. The minimum atomic E-state index is 0.0756. The fourth-order valence-corrected chi connectivity index (χ4v) is 3.09. The number of carbonyl (C=O) groups excluding carboxylic acids is 1. The summed E-state index contributed by atoms with van der Waals surface area (Å²) in [6.45, 7) is 2.19. The van der Waals surface area contributed by atoms with Crippen molar-refractivity contribution < 1.29 is 9.53 Å². The van der Waals surface area contributed by atoms with Crippen LogP contribution in [0, 0.1) is 11.8 Å². The van der Waals surface area contributed by atoms with Gasteiger partial charge in [-0.1, -0.05) is 51.9 Å². The average Bonchev–Trinajstić information content (AvgIpc) is 2.33. The van der Waals surface area contributed by atoms with Crippen LogP contribution in [0.4, 0.5) is 0 Å². The van der Waals surface area contributed by atoms with Crippen molar-refractivity contribution in [2.24, 2.45) is 11.8 Å². The van der Waals surface area contributed by atoms with Gasteiger partial charge in [0.2, 0.25) is 0 Å². The molecule has 1 saturated heterocycles. The topological polar surface area (TPSA) is 26.3 Å². The Bertz CT molecular complexity index is 231. The van der Waals surface area contributed by atoms with E-state index in [0.717, 1.165) is 18.8 Å². The van der Waals surface area contributed by atoms with E-state index < -0.39 is 0 Å². The van der Waals surface area contributed by atoms with E-state index in [4.69, 9.17) is 4.74 Å². The van der Waals surface area contributed by atoms with Gasteiger partial charge in [-0.3, -0.25) is 4.79 Å². The largest absolute Gasteiger partial charge is 0.461 e. The lowest BCUT2D eigenvalue weighted by Gasteiger charge is -2.38. The van der Waals surface area contributed by atoms with Crippen molar-refractivity contribution in [2.75, 3.05) is 0 Å². The van der Waals surface area contributed by atoms with Crippen LogP contribution in [0.5, 0.6) is 0 Å². The molecule has 0 aromatic rings. The molecule has 2 heteroatoms. The maximum absolute atomic E-state index is 11.5. The first-order valence-corrected chi connectivity index (χ1v) is 7.01. The Balaban J connectivity index is 1.75. The van der Waals surface area contributed by atoms with Gasteiger partial charge in [-0.15, -0.1) is 0 Å². The van der Waals surface area contributed by atoms with E-state index in [1.807, 2.05) is 0 Å². The van der Waals surface area contributed by atoms with Crippen LogP contribution < -0.4 is 0 Å². The van der Waals surface area contributed by atoms with Gasteiger partial charge in [0.15, 0.2) is 0 Å². The molecule has 1 aliphatic heterocycles. The second kappa shape index (κ2) is 5.70. The lowest BCUT2D eigenvalue weighted by Crippen LogP contribution is -2.46. The van der Waals surface area contributed by atoms with Gasteiger partial charge < -0.3 is 4.74 Å². The predicted molar refractivity (Wildman–Crippen MR) is 64.1 cm³/mol. The Labute approximate surface area is 98.7 Å². The van der Waals surface area contributed by atoms with E-state index in [9.17, 15) is 4.79 Å². The van der Waals surface area contributed by atoms with Crippen molar-refractivity contribution in [1.29, 1.82) is 0 Å². The number of cyclic esters (lactones) is 1. The van der Waals surface area contributed by atoms with Gasteiger partial charge >= 0.3 is 5.97 Å². The lowest BCUT2D eigenvalue weighted by molar-refractivity contribution is -0.187. The summed E-state index contributed by atoms with van der Waals surface area (Å²) in [7, 11) is 0. The Morgan fingerprint density at radius 2 is 2.00 bits per heavy atom. The number of unbranched alkanes of at least 4 members (excludes halogenated alkanes) is 1. The molecule has 1 aliphatic carbocycles. The minimum Gasteiger partial charge on any atom is -0.461 e. The average molecular weight is 224 g/mol. The van der Waals surface area contributed by atoms with E-state index >= 15 is 0 Å². The number of hydrogen-bond donors (Lipinski definition) is 0. The fraction of sp³-hybridized carbons (Fsp3) is 0.929. The molecule has 2 rings (SSSR count). The van der Waals surface area contributed by atoms with Crippen LogP contribution in [-0.4, -0.2) is 12.1 Å². The monoisotopic (exact) mass is 224 g/mol. The lowest BCUT2D eigenvalue weighted by atomic mass is 9.78. The molecule has 0 N–H and O–H groups in total.